The van der Waals surface area contributed by atoms with Crippen molar-refractivity contribution >= 4 is 40.9 Å². The molecule has 1 spiro atoms. The van der Waals surface area contributed by atoms with E-state index in [9.17, 15) is 9.59 Å². The van der Waals surface area contributed by atoms with E-state index in [2.05, 4.69) is 0 Å². The Balaban J connectivity index is 1.60. The van der Waals surface area contributed by atoms with Crippen LogP contribution in [0, 0.1) is 13.8 Å². The molecule has 0 aromatic heterocycles. The highest BCUT2D eigenvalue weighted by Crippen LogP contribution is 2.55. The van der Waals surface area contributed by atoms with Crippen molar-refractivity contribution in [1.29, 1.82) is 0 Å². The summed E-state index contributed by atoms with van der Waals surface area (Å²) in [5.74, 6) is 0.484. The molecule has 32 heavy (non-hydrogen) atoms. The molecule has 3 aromatic carbocycles. The molecule has 3 aromatic rings. The van der Waals surface area contributed by atoms with E-state index in [1.54, 1.807) is 9.80 Å². The summed E-state index contributed by atoms with van der Waals surface area (Å²) in [5.41, 5.74) is 5.36. The summed E-state index contributed by atoms with van der Waals surface area (Å²) in [6.45, 7) is 4.92. The summed E-state index contributed by atoms with van der Waals surface area (Å²) in [6, 6.07) is 21.3. The van der Waals surface area contributed by atoms with Crippen LogP contribution in [0.3, 0.4) is 0 Å². The largest absolute Gasteiger partial charge is 0.311 e. The number of carbonyl (C=O) groups is 2. The van der Waals surface area contributed by atoms with Gasteiger partial charge in [0.15, 0.2) is 4.87 Å². The third kappa shape index (κ3) is 3.23. The van der Waals surface area contributed by atoms with E-state index in [0.717, 1.165) is 22.4 Å². The fourth-order valence-electron chi connectivity index (χ4n) is 4.58. The van der Waals surface area contributed by atoms with Crippen LogP contribution in [0.1, 0.15) is 32.6 Å². The average molecular weight is 463 g/mol. The van der Waals surface area contributed by atoms with Gasteiger partial charge in [-0.2, -0.15) is 0 Å². The van der Waals surface area contributed by atoms with Gasteiger partial charge < -0.3 is 9.80 Å². The third-order valence-electron chi connectivity index (χ3n) is 6.24. The van der Waals surface area contributed by atoms with E-state index in [1.807, 2.05) is 80.6 Å². The molecule has 5 rings (SSSR count). The van der Waals surface area contributed by atoms with Crippen LogP contribution in [-0.4, -0.2) is 29.0 Å². The fraction of sp³-hybridized carbons (Fsp3) is 0.231. The van der Waals surface area contributed by atoms with Gasteiger partial charge in [0.1, 0.15) is 0 Å². The van der Waals surface area contributed by atoms with Crippen molar-refractivity contribution < 1.29 is 9.59 Å². The predicted molar refractivity (Wildman–Crippen MR) is 130 cm³/mol. The first-order chi connectivity index (χ1) is 15.4. The van der Waals surface area contributed by atoms with E-state index >= 15 is 0 Å². The molecule has 0 N–H and O–H groups in total. The highest BCUT2D eigenvalue weighted by atomic mass is 35.5. The predicted octanol–water partition coefficient (Wildman–Crippen LogP) is 5.55. The molecule has 6 heteroatoms. The zero-order valence-corrected chi connectivity index (χ0v) is 19.5. The molecule has 0 radical (unpaired) electrons. The zero-order chi connectivity index (χ0) is 22.5. The average Bonchev–Trinajstić information content (AvgIpc) is 3.32. The molecule has 2 aliphatic heterocycles. The SMILES string of the molecule is Cc1ccc(CN2C(=O)[C@@]3(SCCN3C(=O)c3ccccc3C)c3cc(Cl)ccc32)cc1. The molecule has 0 bridgehead atoms. The number of benzene rings is 3. The number of carbonyl (C=O) groups excluding carboxylic acids is 2. The molecule has 2 heterocycles. The summed E-state index contributed by atoms with van der Waals surface area (Å²) >= 11 is 7.91. The fourth-order valence-corrected chi connectivity index (χ4v) is 6.20. The van der Waals surface area contributed by atoms with Gasteiger partial charge in [-0.25, -0.2) is 0 Å². The van der Waals surface area contributed by atoms with Gasteiger partial charge in [-0.15, -0.1) is 11.8 Å². The topological polar surface area (TPSA) is 40.6 Å². The maximum absolute atomic E-state index is 14.1. The molecule has 0 unspecified atom stereocenters. The normalized spacial score (nSPS) is 19.7. The Morgan fingerprint density at radius 2 is 1.81 bits per heavy atom. The first kappa shape index (κ1) is 21.1. The van der Waals surface area contributed by atoms with Crippen LogP contribution in [0.5, 0.6) is 0 Å². The number of rotatable bonds is 3. The van der Waals surface area contributed by atoms with Crippen LogP contribution in [0.4, 0.5) is 5.69 Å². The Labute approximate surface area is 197 Å². The quantitative estimate of drug-likeness (QED) is 0.512. The molecule has 1 atom stereocenters. The number of aryl methyl sites for hydroxylation is 2. The summed E-state index contributed by atoms with van der Waals surface area (Å²) < 4.78 is 0. The molecule has 0 saturated carbocycles. The molecular weight excluding hydrogens is 440 g/mol. The minimum Gasteiger partial charge on any atom is -0.311 e. The lowest BCUT2D eigenvalue weighted by atomic mass is 10.0. The highest BCUT2D eigenvalue weighted by Gasteiger charge is 2.59. The Hall–Kier alpha value is -2.76. The monoisotopic (exact) mass is 462 g/mol. The lowest BCUT2D eigenvalue weighted by Gasteiger charge is -2.33. The summed E-state index contributed by atoms with van der Waals surface area (Å²) in [5, 5.41) is 0.559. The Morgan fingerprint density at radius 1 is 1.06 bits per heavy atom. The molecule has 4 nitrogen and oxygen atoms in total. The number of fused-ring (bicyclic) bond motifs is 2. The van der Waals surface area contributed by atoms with Crippen LogP contribution in [-0.2, 0) is 16.2 Å². The number of hydrogen-bond donors (Lipinski definition) is 0. The zero-order valence-electron chi connectivity index (χ0n) is 18.0. The Morgan fingerprint density at radius 3 is 2.56 bits per heavy atom. The smallest absolute Gasteiger partial charge is 0.268 e. The molecule has 1 fully saturated rings. The van der Waals surface area contributed by atoms with Crippen molar-refractivity contribution in [2.75, 3.05) is 17.2 Å². The van der Waals surface area contributed by atoms with E-state index < -0.39 is 4.87 Å². The lowest BCUT2D eigenvalue weighted by Crippen LogP contribution is -2.50. The molecule has 162 valence electrons. The van der Waals surface area contributed by atoms with Gasteiger partial charge in [0.2, 0.25) is 0 Å². The highest BCUT2D eigenvalue weighted by molar-refractivity contribution is 8.01. The van der Waals surface area contributed by atoms with E-state index in [-0.39, 0.29) is 11.8 Å². The first-order valence-electron chi connectivity index (χ1n) is 10.6. The molecule has 1 saturated heterocycles. The summed E-state index contributed by atoms with van der Waals surface area (Å²) in [7, 11) is 0. The van der Waals surface area contributed by atoms with Crippen molar-refractivity contribution in [3.63, 3.8) is 0 Å². The van der Waals surface area contributed by atoms with Gasteiger partial charge in [0.25, 0.3) is 11.8 Å². The van der Waals surface area contributed by atoms with E-state index in [1.165, 1.54) is 17.3 Å². The van der Waals surface area contributed by atoms with Crippen molar-refractivity contribution in [3.05, 3.63) is 99.6 Å². The Bertz CT molecular complexity index is 1230. The number of nitrogens with zero attached hydrogens (tertiary/aromatic N) is 2. The molecule has 2 amide bonds. The van der Waals surface area contributed by atoms with Crippen LogP contribution in [0.15, 0.2) is 66.7 Å². The van der Waals surface area contributed by atoms with Crippen LogP contribution >= 0.6 is 23.4 Å². The van der Waals surface area contributed by atoms with Gasteiger partial charge in [0.05, 0.1) is 12.2 Å². The second-order valence-corrected chi connectivity index (χ2v) is 10.0. The van der Waals surface area contributed by atoms with Gasteiger partial charge in [-0.1, -0.05) is 59.6 Å². The summed E-state index contributed by atoms with van der Waals surface area (Å²) in [6.07, 6.45) is 0. The van der Waals surface area contributed by atoms with Crippen LogP contribution in [0.25, 0.3) is 0 Å². The maximum atomic E-state index is 14.1. The number of halogens is 1. The number of amides is 2. The van der Waals surface area contributed by atoms with Crippen LogP contribution in [0.2, 0.25) is 5.02 Å². The number of anilines is 1. The third-order valence-corrected chi connectivity index (χ3v) is 7.89. The van der Waals surface area contributed by atoms with E-state index in [4.69, 9.17) is 11.6 Å². The van der Waals surface area contributed by atoms with Crippen molar-refractivity contribution in [1.82, 2.24) is 4.90 Å². The van der Waals surface area contributed by atoms with Gasteiger partial charge in [0, 0.05) is 28.4 Å². The second kappa shape index (κ2) is 7.98. The maximum Gasteiger partial charge on any atom is 0.268 e. The van der Waals surface area contributed by atoms with Gasteiger partial charge in [-0.05, 0) is 49.2 Å². The first-order valence-corrected chi connectivity index (χ1v) is 12.0. The molecule has 2 aliphatic rings. The van der Waals surface area contributed by atoms with Gasteiger partial charge >= 0.3 is 0 Å². The Kier molecular flexibility index (Phi) is 5.26. The van der Waals surface area contributed by atoms with Gasteiger partial charge in [-0.3, -0.25) is 9.59 Å². The van der Waals surface area contributed by atoms with Crippen molar-refractivity contribution in [2.24, 2.45) is 0 Å². The molecular formula is C26H23ClN2O2S. The summed E-state index contributed by atoms with van der Waals surface area (Å²) in [4.78, 5) is 30.2. The van der Waals surface area contributed by atoms with Crippen LogP contribution < -0.4 is 4.90 Å². The molecule has 0 aliphatic carbocycles. The van der Waals surface area contributed by atoms with E-state index in [0.29, 0.717) is 29.4 Å². The van der Waals surface area contributed by atoms with Crippen molar-refractivity contribution in [3.8, 4) is 0 Å². The van der Waals surface area contributed by atoms with Crippen molar-refractivity contribution in [2.45, 2.75) is 25.3 Å². The second-order valence-electron chi connectivity index (χ2n) is 8.30. The number of thioether (sulfide) groups is 1. The lowest BCUT2D eigenvalue weighted by molar-refractivity contribution is -0.123. The minimum absolute atomic E-state index is 0.0835. The minimum atomic E-state index is -1.09. The standard InChI is InChI=1S/C26H23ClN2O2S/c1-17-7-9-19(10-8-17)16-28-23-12-11-20(27)15-22(23)26(25(28)31)29(13-14-32-26)24(30)21-6-4-3-5-18(21)2/h3-12,15H,13-14,16H2,1-2H3/t26-/m0/s1. The number of hydrogen-bond acceptors (Lipinski definition) is 3.